The van der Waals surface area contributed by atoms with Crippen molar-refractivity contribution in [2.24, 2.45) is 5.92 Å². The summed E-state index contributed by atoms with van der Waals surface area (Å²) < 4.78 is 0. The second-order valence-corrected chi connectivity index (χ2v) is 6.57. The van der Waals surface area contributed by atoms with Crippen molar-refractivity contribution in [2.45, 2.75) is 19.4 Å². The molecule has 1 fully saturated rings. The standard InChI is InChI=1S/C16H22ClN5/c1-21-9-12-8-13(17)2-3-14(12)22(15(18)10-21)16(19)11-4-6-20-7-5-11/h2-3,8,11,18-20H,4-7,9-10H2,1H3. The van der Waals surface area contributed by atoms with Gasteiger partial charge in [-0.15, -0.1) is 0 Å². The first-order valence-electron chi connectivity index (χ1n) is 7.70. The summed E-state index contributed by atoms with van der Waals surface area (Å²) in [6.45, 7) is 3.18. The molecule has 1 aromatic carbocycles. The highest BCUT2D eigenvalue weighted by Crippen LogP contribution is 2.30. The van der Waals surface area contributed by atoms with Crippen molar-refractivity contribution in [3.05, 3.63) is 28.8 Å². The van der Waals surface area contributed by atoms with E-state index in [0.29, 0.717) is 23.2 Å². The molecule has 0 aliphatic carbocycles. The Hall–Kier alpha value is -1.43. The van der Waals surface area contributed by atoms with Crippen molar-refractivity contribution < 1.29 is 0 Å². The summed E-state index contributed by atoms with van der Waals surface area (Å²) in [6, 6.07) is 5.75. The van der Waals surface area contributed by atoms with Gasteiger partial charge in [0.2, 0.25) is 0 Å². The number of amidine groups is 2. The van der Waals surface area contributed by atoms with Crippen LogP contribution < -0.4 is 10.2 Å². The summed E-state index contributed by atoms with van der Waals surface area (Å²) in [7, 11) is 2.00. The van der Waals surface area contributed by atoms with E-state index in [9.17, 15) is 0 Å². The number of benzene rings is 1. The fourth-order valence-corrected chi connectivity index (χ4v) is 3.47. The van der Waals surface area contributed by atoms with Gasteiger partial charge < -0.3 is 5.32 Å². The molecule has 2 aliphatic rings. The third-order valence-corrected chi connectivity index (χ3v) is 4.61. The van der Waals surface area contributed by atoms with E-state index in [1.807, 2.05) is 30.1 Å². The van der Waals surface area contributed by atoms with E-state index in [4.69, 9.17) is 22.4 Å². The van der Waals surface area contributed by atoms with Crippen LogP contribution >= 0.6 is 11.6 Å². The number of nitrogens with zero attached hydrogens (tertiary/aromatic N) is 2. The molecular weight excluding hydrogens is 298 g/mol. The van der Waals surface area contributed by atoms with Crippen molar-refractivity contribution in [1.29, 1.82) is 10.8 Å². The zero-order chi connectivity index (χ0) is 15.7. The molecule has 22 heavy (non-hydrogen) atoms. The quantitative estimate of drug-likeness (QED) is 0.550. The number of fused-ring (bicyclic) bond motifs is 1. The van der Waals surface area contributed by atoms with E-state index in [-0.39, 0.29) is 5.92 Å². The number of rotatable bonds is 1. The minimum Gasteiger partial charge on any atom is -0.317 e. The van der Waals surface area contributed by atoms with Crippen LogP contribution in [0.3, 0.4) is 0 Å². The summed E-state index contributed by atoms with van der Waals surface area (Å²) in [4.78, 5) is 3.92. The van der Waals surface area contributed by atoms with Crippen molar-refractivity contribution in [1.82, 2.24) is 10.2 Å². The Labute approximate surface area is 136 Å². The molecule has 0 atom stereocenters. The number of piperidine rings is 1. The van der Waals surface area contributed by atoms with Gasteiger partial charge in [-0.05, 0) is 56.7 Å². The van der Waals surface area contributed by atoms with E-state index in [1.165, 1.54) is 0 Å². The van der Waals surface area contributed by atoms with Gasteiger partial charge in [0.1, 0.15) is 11.7 Å². The number of nitrogens with one attached hydrogen (secondary N) is 3. The fourth-order valence-electron chi connectivity index (χ4n) is 3.27. The Morgan fingerprint density at radius 2 is 2.00 bits per heavy atom. The molecular formula is C16H22ClN5. The number of halogens is 1. The summed E-state index contributed by atoms with van der Waals surface area (Å²) in [5, 5.41) is 21.1. The highest BCUT2D eigenvalue weighted by Gasteiger charge is 2.30. The van der Waals surface area contributed by atoms with Gasteiger partial charge in [0, 0.05) is 17.5 Å². The van der Waals surface area contributed by atoms with Crippen molar-refractivity contribution in [3.63, 3.8) is 0 Å². The average Bonchev–Trinajstić information content (AvgIpc) is 2.61. The smallest absolute Gasteiger partial charge is 0.120 e. The van der Waals surface area contributed by atoms with Crippen molar-refractivity contribution in [3.8, 4) is 0 Å². The molecule has 0 aromatic heterocycles. The number of hydrogen-bond donors (Lipinski definition) is 3. The highest BCUT2D eigenvalue weighted by atomic mass is 35.5. The van der Waals surface area contributed by atoms with Crippen LogP contribution in [0.4, 0.5) is 5.69 Å². The average molecular weight is 320 g/mol. The molecule has 0 amide bonds. The lowest BCUT2D eigenvalue weighted by Gasteiger charge is -2.32. The number of hydrogen-bond acceptors (Lipinski definition) is 4. The molecule has 5 nitrogen and oxygen atoms in total. The van der Waals surface area contributed by atoms with E-state index >= 15 is 0 Å². The first-order chi connectivity index (χ1) is 10.6. The third kappa shape index (κ3) is 3.02. The predicted molar refractivity (Wildman–Crippen MR) is 91.3 cm³/mol. The van der Waals surface area contributed by atoms with Gasteiger partial charge in [0.25, 0.3) is 0 Å². The lowest BCUT2D eigenvalue weighted by molar-refractivity contribution is 0.376. The van der Waals surface area contributed by atoms with Crippen molar-refractivity contribution >= 4 is 29.0 Å². The summed E-state index contributed by atoms with van der Waals surface area (Å²) >= 11 is 6.14. The van der Waals surface area contributed by atoms with Gasteiger partial charge in [0.05, 0.1) is 12.2 Å². The Morgan fingerprint density at radius 1 is 1.27 bits per heavy atom. The van der Waals surface area contributed by atoms with Gasteiger partial charge in [-0.1, -0.05) is 11.6 Å². The van der Waals surface area contributed by atoms with Crippen LogP contribution in [0.2, 0.25) is 5.02 Å². The molecule has 2 heterocycles. The van der Waals surface area contributed by atoms with E-state index in [2.05, 4.69) is 10.2 Å². The molecule has 0 saturated carbocycles. The summed E-state index contributed by atoms with van der Waals surface area (Å²) in [5.41, 5.74) is 2.01. The molecule has 0 unspecified atom stereocenters. The zero-order valence-electron chi connectivity index (χ0n) is 12.8. The Balaban J connectivity index is 1.97. The van der Waals surface area contributed by atoms with Gasteiger partial charge >= 0.3 is 0 Å². The van der Waals surface area contributed by atoms with Crippen LogP contribution in [0.15, 0.2) is 18.2 Å². The van der Waals surface area contributed by atoms with E-state index < -0.39 is 0 Å². The normalized spacial score (nSPS) is 20.6. The largest absolute Gasteiger partial charge is 0.317 e. The van der Waals surface area contributed by atoms with E-state index in [1.54, 1.807) is 0 Å². The maximum Gasteiger partial charge on any atom is 0.120 e. The first-order valence-corrected chi connectivity index (χ1v) is 8.07. The molecule has 0 bridgehead atoms. The Morgan fingerprint density at radius 3 is 2.73 bits per heavy atom. The maximum absolute atomic E-state index is 8.66. The van der Waals surface area contributed by atoms with Crippen molar-refractivity contribution in [2.75, 3.05) is 31.6 Å². The number of anilines is 1. The predicted octanol–water partition coefficient (Wildman–Crippen LogP) is 2.55. The topological polar surface area (TPSA) is 66.2 Å². The van der Waals surface area contributed by atoms with Crippen LogP contribution in [-0.2, 0) is 6.54 Å². The first kappa shape index (κ1) is 15.5. The van der Waals surface area contributed by atoms with Crippen LogP contribution in [0, 0.1) is 16.7 Å². The second-order valence-electron chi connectivity index (χ2n) is 6.14. The highest BCUT2D eigenvalue weighted by molar-refractivity contribution is 6.31. The van der Waals surface area contributed by atoms with E-state index in [0.717, 1.165) is 43.7 Å². The van der Waals surface area contributed by atoms with Gasteiger partial charge in [0.15, 0.2) is 0 Å². The second kappa shape index (κ2) is 6.36. The molecule has 0 spiro atoms. The SMILES string of the molecule is CN1CC(=N)N(C(=N)C2CCNCC2)c2ccc(Cl)cc2C1. The molecule has 0 radical (unpaired) electrons. The van der Waals surface area contributed by atoms with Gasteiger partial charge in [-0.2, -0.15) is 0 Å². The molecule has 6 heteroatoms. The van der Waals surface area contributed by atoms with Gasteiger partial charge in [-0.3, -0.25) is 20.6 Å². The lowest BCUT2D eigenvalue weighted by Crippen LogP contribution is -2.45. The molecule has 1 saturated heterocycles. The lowest BCUT2D eigenvalue weighted by atomic mass is 9.95. The molecule has 3 N–H and O–H groups in total. The van der Waals surface area contributed by atoms with Crippen LogP contribution in [0.5, 0.6) is 0 Å². The minimum absolute atomic E-state index is 0.216. The molecule has 2 aliphatic heterocycles. The van der Waals surface area contributed by atoms with Crippen LogP contribution in [-0.4, -0.2) is 43.3 Å². The number of likely N-dealkylation sites (N-methyl/N-ethyl adjacent to an activating group) is 1. The summed E-state index contributed by atoms with van der Waals surface area (Å²) in [6.07, 6.45) is 1.92. The maximum atomic E-state index is 8.66. The fraction of sp³-hybridized carbons (Fsp3) is 0.500. The monoisotopic (exact) mass is 319 g/mol. The zero-order valence-corrected chi connectivity index (χ0v) is 13.6. The van der Waals surface area contributed by atoms with Crippen LogP contribution in [0.25, 0.3) is 0 Å². The summed E-state index contributed by atoms with van der Waals surface area (Å²) in [5.74, 6) is 1.23. The Kier molecular flexibility index (Phi) is 4.47. The molecule has 118 valence electrons. The Bertz CT molecular complexity index is 594. The third-order valence-electron chi connectivity index (χ3n) is 4.38. The van der Waals surface area contributed by atoms with Gasteiger partial charge in [-0.25, -0.2) is 0 Å². The van der Waals surface area contributed by atoms with Crippen LogP contribution in [0.1, 0.15) is 18.4 Å². The minimum atomic E-state index is 0.216. The molecule has 1 aromatic rings. The molecule has 3 rings (SSSR count).